The van der Waals surface area contributed by atoms with Crippen molar-refractivity contribution in [2.24, 2.45) is 0 Å². The van der Waals surface area contributed by atoms with Crippen molar-refractivity contribution in [3.63, 3.8) is 0 Å². The predicted molar refractivity (Wildman–Crippen MR) is 95.8 cm³/mol. The Labute approximate surface area is 157 Å². The molecule has 1 saturated heterocycles. The quantitative estimate of drug-likeness (QED) is 0.842. The molecule has 0 aliphatic carbocycles. The maximum absolute atomic E-state index is 12.7. The molecule has 0 aromatic carbocycles. The van der Waals surface area contributed by atoms with Crippen LogP contribution in [0.5, 0.6) is 0 Å². The number of hydrogen-bond donors (Lipinski definition) is 1. The molecular formula is C18H23N5O4. The van der Waals surface area contributed by atoms with Crippen molar-refractivity contribution in [3.8, 4) is 5.95 Å². The number of morpholine rings is 1. The van der Waals surface area contributed by atoms with Crippen molar-refractivity contribution in [2.75, 3.05) is 19.7 Å². The molecule has 3 rings (SSSR count). The molecule has 1 atom stereocenters. The van der Waals surface area contributed by atoms with Gasteiger partial charge in [0.05, 0.1) is 25.3 Å². The molecule has 3 heterocycles. The summed E-state index contributed by atoms with van der Waals surface area (Å²) in [5.41, 5.74) is 4.02. The number of aryl methyl sites for hydroxylation is 3. The first-order chi connectivity index (χ1) is 12.8. The second kappa shape index (κ2) is 7.43. The first-order valence-corrected chi connectivity index (χ1v) is 8.76. The second-order valence-corrected chi connectivity index (χ2v) is 6.73. The molecule has 1 aliphatic rings. The standard InChI is InChI=1S/C18H23N5O4/c1-10-7-11(2)20-18(19-10)23-13(4)14(12(3)21-23)8-16(24)22-5-6-27-15(9-22)17(25)26/h7,15H,5-6,8-9H2,1-4H3,(H,25,26)/t15-/m0/s1. The van der Waals surface area contributed by atoms with Gasteiger partial charge in [-0.25, -0.2) is 19.4 Å². The predicted octanol–water partition coefficient (Wildman–Crippen LogP) is 0.750. The van der Waals surface area contributed by atoms with Crippen LogP contribution in [-0.2, 0) is 20.7 Å². The molecule has 144 valence electrons. The number of ether oxygens (including phenoxy) is 1. The van der Waals surface area contributed by atoms with E-state index < -0.39 is 12.1 Å². The van der Waals surface area contributed by atoms with Crippen LogP contribution in [0.2, 0.25) is 0 Å². The Balaban J connectivity index is 1.82. The molecule has 0 bridgehead atoms. The monoisotopic (exact) mass is 373 g/mol. The molecule has 9 heteroatoms. The molecule has 2 aromatic rings. The third kappa shape index (κ3) is 3.97. The van der Waals surface area contributed by atoms with Crippen LogP contribution < -0.4 is 0 Å². The summed E-state index contributed by atoms with van der Waals surface area (Å²) in [6.45, 7) is 8.17. The number of nitrogens with zero attached hydrogens (tertiary/aromatic N) is 5. The minimum Gasteiger partial charge on any atom is -0.479 e. The lowest BCUT2D eigenvalue weighted by atomic mass is 10.1. The van der Waals surface area contributed by atoms with E-state index in [-0.39, 0.29) is 25.5 Å². The molecule has 0 unspecified atom stereocenters. The highest BCUT2D eigenvalue weighted by molar-refractivity contribution is 5.81. The van der Waals surface area contributed by atoms with Crippen LogP contribution in [0.4, 0.5) is 0 Å². The number of carboxylic acid groups (broad SMARTS) is 1. The summed E-state index contributed by atoms with van der Waals surface area (Å²) in [4.78, 5) is 34.2. The fourth-order valence-corrected chi connectivity index (χ4v) is 3.22. The number of hydrogen-bond acceptors (Lipinski definition) is 6. The van der Waals surface area contributed by atoms with E-state index in [9.17, 15) is 9.59 Å². The van der Waals surface area contributed by atoms with Gasteiger partial charge in [0.1, 0.15) is 0 Å². The van der Waals surface area contributed by atoms with Crippen molar-refractivity contribution in [1.29, 1.82) is 0 Å². The van der Waals surface area contributed by atoms with Crippen molar-refractivity contribution in [3.05, 3.63) is 34.4 Å². The van der Waals surface area contributed by atoms with Crippen molar-refractivity contribution in [1.82, 2.24) is 24.6 Å². The van der Waals surface area contributed by atoms with E-state index in [2.05, 4.69) is 15.1 Å². The maximum Gasteiger partial charge on any atom is 0.334 e. The SMILES string of the molecule is Cc1cc(C)nc(-n2nc(C)c(CC(=O)N3CCO[C@H](C(=O)O)C3)c2C)n1. The van der Waals surface area contributed by atoms with Crippen molar-refractivity contribution >= 4 is 11.9 Å². The van der Waals surface area contributed by atoms with Crippen LogP contribution in [0, 0.1) is 27.7 Å². The van der Waals surface area contributed by atoms with E-state index in [0.717, 1.165) is 28.3 Å². The Bertz CT molecular complexity index is 872. The topological polar surface area (TPSA) is 110 Å². The largest absolute Gasteiger partial charge is 0.479 e. The zero-order valence-corrected chi connectivity index (χ0v) is 15.9. The van der Waals surface area contributed by atoms with Gasteiger partial charge >= 0.3 is 5.97 Å². The molecule has 1 aliphatic heterocycles. The lowest BCUT2D eigenvalue weighted by molar-refractivity contribution is -0.159. The lowest BCUT2D eigenvalue weighted by Gasteiger charge is -2.31. The van der Waals surface area contributed by atoms with Gasteiger partial charge in [0.15, 0.2) is 6.10 Å². The number of amides is 1. The summed E-state index contributed by atoms with van der Waals surface area (Å²) < 4.78 is 6.83. The molecule has 0 radical (unpaired) electrons. The highest BCUT2D eigenvalue weighted by atomic mass is 16.5. The van der Waals surface area contributed by atoms with Crippen LogP contribution in [0.25, 0.3) is 5.95 Å². The molecule has 1 N–H and O–H groups in total. The van der Waals surface area contributed by atoms with Gasteiger partial charge in [-0.3, -0.25) is 4.79 Å². The summed E-state index contributed by atoms with van der Waals surface area (Å²) in [7, 11) is 0. The molecule has 27 heavy (non-hydrogen) atoms. The third-order valence-corrected chi connectivity index (χ3v) is 4.62. The number of carbonyl (C=O) groups is 2. The van der Waals surface area contributed by atoms with Gasteiger partial charge in [0.25, 0.3) is 5.95 Å². The van der Waals surface area contributed by atoms with E-state index in [1.165, 1.54) is 4.90 Å². The lowest BCUT2D eigenvalue weighted by Crippen LogP contribution is -2.49. The average molecular weight is 373 g/mol. The second-order valence-electron chi connectivity index (χ2n) is 6.73. The fourth-order valence-electron chi connectivity index (χ4n) is 3.22. The Morgan fingerprint density at radius 2 is 1.89 bits per heavy atom. The summed E-state index contributed by atoms with van der Waals surface area (Å²) in [5, 5.41) is 13.6. The molecule has 2 aromatic heterocycles. The summed E-state index contributed by atoms with van der Waals surface area (Å²) in [6, 6.07) is 1.89. The number of carbonyl (C=O) groups excluding carboxylic acids is 1. The Kier molecular flexibility index (Phi) is 5.22. The van der Waals surface area contributed by atoms with Crippen LogP contribution in [0.1, 0.15) is 28.3 Å². The van der Waals surface area contributed by atoms with E-state index in [4.69, 9.17) is 9.84 Å². The number of rotatable bonds is 4. The fraction of sp³-hybridized carbons (Fsp3) is 0.500. The van der Waals surface area contributed by atoms with Gasteiger partial charge in [0.2, 0.25) is 5.91 Å². The normalized spacial score (nSPS) is 17.2. The first kappa shape index (κ1) is 19.0. The van der Waals surface area contributed by atoms with Gasteiger partial charge in [-0.2, -0.15) is 5.10 Å². The molecular weight excluding hydrogens is 350 g/mol. The zero-order chi connectivity index (χ0) is 19.7. The van der Waals surface area contributed by atoms with E-state index in [0.29, 0.717) is 12.5 Å². The van der Waals surface area contributed by atoms with Gasteiger partial charge in [-0.1, -0.05) is 0 Å². The van der Waals surface area contributed by atoms with E-state index in [1.807, 2.05) is 33.8 Å². The average Bonchev–Trinajstić information content (AvgIpc) is 2.89. The van der Waals surface area contributed by atoms with E-state index in [1.54, 1.807) is 4.68 Å². The maximum atomic E-state index is 12.7. The van der Waals surface area contributed by atoms with Gasteiger partial charge in [0, 0.05) is 29.2 Å². The van der Waals surface area contributed by atoms with Crippen LogP contribution in [0.3, 0.4) is 0 Å². The number of carboxylic acids is 1. The Morgan fingerprint density at radius 1 is 1.22 bits per heavy atom. The third-order valence-electron chi connectivity index (χ3n) is 4.62. The minimum atomic E-state index is -1.06. The number of aliphatic carboxylic acids is 1. The number of aromatic nitrogens is 4. The van der Waals surface area contributed by atoms with Crippen LogP contribution >= 0.6 is 0 Å². The molecule has 0 spiro atoms. The van der Waals surface area contributed by atoms with Gasteiger partial charge in [-0.05, 0) is 33.8 Å². The molecule has 1 fully saturated rings. The van der Waals surface area contributed by atoms with Gasteiger partial charge < -0.3 is 14.7 Å². The molecule has 9 nitrogen and oxygen atoms in total. The molecule has 1 amide bonds. The first-order valence-electron chi connectivity index (χ1n) is 8.76. The van der Waals surface area contributed by atoms with Crippen LogP contribution in [-0.4, -0.2) is 67.4 Å². The summed E-state index contributed by atoms with van der Waals surface area (Å²) in [6.07, 6.45) is -0.828. The highest BCUT2D eigenvalue weighted by Gasteiger charge is 2.30. The smallest absolute Gasteiger partial charge is 0.334 e. The van der Waals surface area contributed by atoms with Crippen LogP contribution in [0.15, 0.2) is 6.07 Å². The van der Waals surface area contributed by atoms with Crippen molar-refractivity contribution in [2.45, 2.75) is 40.2 Å². The Hall–Kier alpha value is -2.81. The summed E-state index contributed by atoms with van der Waals surface area (Å²) in [5.74, 6) is -0.722. The van der Waals surface area contributed by atoms with Gasteiger partial charge in [-0.15, -0.1) is 0 Å². The van der Waals surface area contributed by atoms with Crippen molar-refractivity contribution < 1.29 is 19.4 Å². The summed E-state index contributed by atoms with van der Waals surface area (Å²) >= 11 is 0. The minimum absolute atomic E-state index is 0.0561. The Morgan fingerprint density at radius 3 is 2.52 bits per heavy atom. The highest BCUT2D eigenvalue weighted by Crippen LogP contribution is 2.19. The van der Waals surface area contributed by atoms with E-state index >= 15 is 0 Å². The molecule has 0 saturated carbocycles. The zero-order valence-electron chi connectivity index (χ0n) is 15.9.